The molecule has 19 heavy (non-hydrogen) atoms. The van der Waals surface area contributed by atoms with Crippen molar-refractivity contribution in [3.63, 3.8) is 0 Å². The molecular formula is C16H23BrO2. The van der Waals surface area contributed by atoms with E-state index in [1.54, 1.807) is 0 Å². The Morgan fingerprint density at radius 1 is 1.32 bits per heavy atom. The second-order valence-electron chi connectivity index (χ2n) is 4.66. The molecule has 0 aromatic heterocycles. The molecule has 1 aromatic carbocycles. The monoisotopic (exact) mass is 326 g/mol. The van der Waals surface area contributed by atoms with Crippen LogP contribution in [-0.2, 0) is 4.79 Å². The summed E-state index contributed by atoms with van der Waals surface area (Å²) in [6.45, 7) is 6.74. The van der Waals surface area contributed by atoms with Gasteiger partial charge in [0.1, 0.15) is 11.5 Å². The van der Waals surface area contributed by atoms with Gasteiger partial charge in [-0.25, -0.2) is 0 Å². The maximum Gasteiger partial charge on any atom is 0.133 e. The SMILES string of the molecule is CCOc1ccc(C(CC)CCC(=O)CC)cc1Br. The van der Waals surface area contributed by atoms with Crippen molar-refractivity contribution in [2.45, 2.75) is 52.4 Å². The first-order valence-electron chi connectivity index (χ1n) is 7.06. The van der Waals surface area contributed by atoms with Crippen LogP contribution in [0.3, 0.4) is 0 Å². The van der Waals surface area contributed by atoms with Gasteiger partial charge >= 0.3 is 0 Å². The summed E-state index contributed by atoms with van der Waals surface area (Å²) in [5.74, 6) is 1.68. The molecule has 0 spiro atoms. The summed E-state index contributed by atoms with van der Waals surface area (Å²) in [7, 11) is 0. The van der Waals surface area contributed by atoms with Crippen LogP contribution in [0.2, 0.25) is 0 Å². The molecule has 0 saturated carbocycles. The van der Waals surface area contributed by atoms with Crippen molar-refractivity contribution in [1.82, 2.24) is 0 Å². The standard InChI is InChI=1S/C16H23BrO2/c1-4-12(7-9-14(18)5-2)13-8-10-16(19-6-3)15(17)11-13/h8,10-12H,4-7,9H2,1-3H3. The number of hydrogen-bond acceptors (Lipinski definition) is 2. The molecule has 0 aliphatic heterocycles. The quantitative estimate of drug-likeness (QED) is 0.664. The van der Waals surface area contributed by atoms with E-state index in [1.165, 1.54) is 5.56 Å². The van der Waals surface area contributed by atoms with Gasteiger partial charge in [-0.15, -0.1) is 0 Å². The number of halogens is 1. The Morgan fingerprint density at radius 2 is 2.05 bits per heavy atom. The van der Waals surface area contributed by atoms with E-state index in [4.69, 9.17) is 4.74 Å². The van der Waals surface area contributed by atoms with Crippen molar-refractivity contribution < 1.29 is 9.53 Å². The molecule has 106 valence electrons. The molecule has 3 heteroatoms. The van der Waals surface area contributed by atoms with Crippen LogP contribution in [0.25, 0.3) is 0 Å². The maximum atomic E-state index is 11.4. The van der Waals surface area contributed by atoms with Crippen molar-refractivity contribution in [2.75, 3.05) is 6.61 Å². The fraction of sp³-hybridized carbons (Fsp3) is 0.562. The number of rotatable bonds is 8. The first-order valence-corrected chi connectivity index (χ1v) is 7.85. The zero-order chi connectivity index (χ0) is 14.3. The van der Waals surface area contributed by atoms with Gasteiger partial charge in [-0.3, -0.25) is 4.79 Å². The highest BCUT2D eigenvalue weighted by Crippen LogP contribution is 2.32. The van der Waals surface area contributed by atoms with Gasteiger partial charge in [0, 0.05) is 12.8 Å². The van der Waals surface area contributed by atoms with Crippen LogP contribution < -0.4 is 4.74 Å². The van der Waals surface area contributed by atoms with E-state index in [1.807, 2.05) is 19.9 Å². The summed E-state index contributed by atoms with van der Waals surface area (Å²) in [5.41, 5.74) is 1.28. The zero-order valence-corrected chi connectivity index (χ0v) is 13.6. The second kappa shape index (κ2) is 8.36. The number of benzene rings is 1. The smallest absolute Gasteiger partial charge is 0.133 e. The van der Waals surface area contributed by atoms with Gasteiger partial charge in [0.25, 0.3) is 0 Å². The minimum Gasteiger partial charge on any atom is -0.493 e. The maximum absolute atomic E-state index is 11.4. The molecule has 0 bridgehead atoms. The fourth-order valence-corrected chi connectivity index (χ4v) is 2.67. The number of carbonyl (C=O) groups is 1. The van der Waals surface area contributed by atoms with E-state index in [9.17, 15) is 4.79 Å². The molecule has 0 heterocycles. The van der Waals surface area contributed by atoms with Crippen LogP contribution >= 0.6 is 15.9 Å². The van der Waals surface area contributed by atoms with Gasteiger partial charge in [-0.2, -0.15) is 0 Å². The average Bonchev–Trinajstić information content (AvgIpc) is 2.42. The van der Waals surface area contributed by atoms with Gasteiger partial charge in [0.15, 0.2) is 0 Å². The minimum absolute atomic E-state index is 0.350. The number of Topliss-reactive ketones (excluding diaryl/α,β-unsaturated/α-hetero) is 1. The molecule has 1 rings (SSSR count). The topological polar surface area (TPSA) is 26.3 Å². The molecular weight excluding hydrogens is 304 g/mol. The molecule has 1 aromatic rings. The Balaban J connectivity index is 2.75. The highest BCUT2D eigenvalue weighted by Gasteiger charge is 2.13. The molecule has 0 aliphatic rings. The van der Waals surface area contributed by atoms with Gasteiger partial charge in [0.05, 0.1) is 11.1 Å². The molecule has 0 fully saturated rings. The van der Waals surface area contributed by atoms with Crippen LogP contribution in [0.1, 0.15) is 57.9 Å². The third-order valence-corrected chi connectivity index (χ3v) is 4.01. The lowest BCUT2D eigenvalue weighted by molar-refractivity contribution is -0.118. The Kier molecular flexibility index (Phi) is 7.14. The summed E-state index contributed by atoms with van der Waals surface area (Å²) in [5, 5.41) is 0. The molecule has 2 nitrogen and oxygen atoms in total. The fourth-order valence-electron chi connectivity index (χ4n) is 2.16. The molecule has 0 N–H and O–H groups in total. The number of carbonyl (C=O) groups excluding carboxylic acids is 1. The Morgan fingerprint density at radius 3 is 2.58 bits per heavy atom. The Bertz CT molecular complexity index is 415. The summed E-state index contributed by atoms with van der Waals surface area (Å²) in [6.07, 6.45) is 3.31. The van der Waals surface area contributed by atoms with Crippen molar-refractivity contribution in [2.24, 2.45) is 0 Å². The van der Waals surface area contributed by atoms with Crippen LogP contribution in [0, 0.1) is 0 Å². The van der Waals surface area contributed by atoms with E-state index in [0.717, 1.165) is 23.1 Å². The van der Waals surface area contributed by atoms with Crippen LogP contribution in [-0.4, -0.2) is 12.4 Å². The van der Waals surface area contributed by atoms with Crippen LogP contribution in [0.15, 0.2) is 22.7 Å². The van der Waals surface area contributed by atoms with E-state index in [-0.39, 0.29) is 0 Å². The lowest BCUT2D eigenvalue weighted by Crippen LogP contribution is -2.03. The van der Waals surface area contributed by atoms with Crippen molar-refractivity contribution in [1.29, 1.82) is 0 Å². The van der Waals surface area contributed by atoms with E-state index < -0.39 is 0 Å². The Hall–Kier alpha value is -0.830. The third-order valence-electron chi connectivity index (χ3n) is 3.39. The zero-order valence-electron chi connectivity index (χ0n) is 12.0. The predicted molar refractivity (Wildman–Crippen MR) is 82.9 cm³/mol. The molecule has 0 radical (unpaired) electrons. The van der Waals surface area contributed by atoms with Crippen molar-refractivity contribution in [3.05, 3.63) is 28.2 Å². The highest BCUT2D eigenvalue weighted by atomic mass is 79.9. The van der Waals surface area contributed by atoms with E-state index >= 15 is 0 Å². The normalized spacial score (nSPS) is 12.2. The van der Waals surface area contributed by atoms with Gasteiger partial charge in [-0.1, -0.05) is 19.9 Å². The van der Waals surface area contributed by atoms with Gasteiger partial charge < -0.3 is 4.74 Å². The second-order valence-corrected chi connectivity index (χ2v) is 5.51. The van der Waals surface area contributed by atoms with Gasteiger partial charge in [-0.05, 0) is 59.3 Å². The van der Waals surface area contributed by atoms with Crippen molar-refractivity contribution in [3.8, 4) is 5.75 Å². The van der Waals surface area contributed by atoms with E-state index in [0.29, 0.717) is 31.1 Å². The number of ether oxygens (including phenoxy) is 1. The summed E-state index contributed by atoms with van der Waals surface area (Å²) >= 11 is 3.55. The van der Waals surface area contributed by atoms with Crippen LogP contribution in [0.5, 0.6) is 5.75 Å². The lowest BCUT2D eigenvalue weighted by atomic mass is 9.91. The molecule has 0 saturated heterocycles. The molecule has 1 atom stereocenters. The molecule has 0 amide bonds. The number of ketones is 1. The first-order chi connectivity index (χ1) is 9.12. The summed E-state index contributed by atoms with van der Waals surface area (Å²) < 4.78 is 6.51. The van der Waals surface area contributed by atoms with Gasteiger partial charge in [0.2, 0.25) is 0 Å². The number of hydrogen-bond donors (Lipinski definition) is 0. The minimum atomic E-state index is 0.350. The molecule has 0 aliphatic carbocycles. The largest absolute Gasteiger partial charge is 0.493 e. The Labute approximate surface area is 124 Å². The average molecular weight is 327 g/mol. The first kappa shape index (κ1) is 16.2. The van der Waals surface area contributed by atoms with Crippen molar-refractivity contribution >= 4 is 21.7 Å². The van der Waals surface area contributed by atoms with E-state index in [2.05, 4.69) is 35.0 Å². The summed E-state index contributed by atoms with van der Waals surface area (Å²) in [4.78, 5) is 11.4. The predicted octanol–water partition coefficient (Wildman–Crippen LogP) is 5.10. The lowest BCUT2D eigenvalue weighted by Gasteiger charge is -2.16. The summed E-state index contributed by atoms with van der Waals surface area (Å²) in [6, 6.07) is 6.24. The molecule has 1 unspecified atom stereocenters. The van der Waals surface area contributed by atoms with Crippen LogP contribution in [0.4, 0.5) is 0 Å². The third kappa shape index (κ3) is 4.98. The highest BCUT2D eigenvalue weighted by molar-refractivity contribution is 9.10.